The third-order valence-electron chi connectivity index (χ3n) is 4.08. The van der Waals surface area contributed by atoms with Crippen LogP contribution >= 0.6 is 23.7 Å². The first-order chi connectivity index (χ1) is 11.5. The molecule has 0 aromatic carbocycles. The van der Waals surface area contributed by atoms with Crippen LogP contribution in [0.25, 0.3) is 11.4 Å². The van der Waals surface area contributed by atoms with E-state index in [1.807, 2.05) is 17.5 Å². The van der Waals surface area contributed by atoms with Crippen LogP contribution < -0.4 is 11.1 Å². The van der Waals surface area contributed by atoms with Crippen LogP contribution in [0, 0.1) is 0 Å². The zero-order valence-corrected chi connectivity index (χ0v) is 15.9. The molecule has 1 fully saturated rings. The number of nitrogens with two attached hydrogens (primary N) is 1. The van der Waals surface area contributed by atoms with Gasteiger partial charge in [-0.05, 0) is 38.8 Å². The summed E-state index contributed by atoms with van der Waals surface area (Å²) in [5.41, 5.74) is 7.97. The van der Waals surface area contributed by atoms with Gasteiger partial charge in [0.15, 0.2) is 5.13 Å². The average molecular weight is 383 g/mol. The Balaban J connectivity index is 0.00000225. The van der Waals surface area contributed by atoms with Crippen molar-refractivity contribution in [1.82, 2.24) is 9.97 Å². The number of anilines is 1. The van der Waals surface area contributed by atoms with E-state index in [-0.39, 0.29) is 37.1 Å². The Morgan fingerprint density at radius 2 is 2.00 bits per heavy atom. The zero-order chi connectivity index (χ0) is 17.1. The molecule has 2 atom stereocenters. The minimum Gasteiger partial charge on any atom is -0.376 e. The summed E-state index contributed by atoms with van der Waals surface area (Å²) in [5.74, 6) is 0.154. The molecule has 0 bridgehead atoms. The zero-order valence-electron chi connectivity index (χ0n) is 14.3. The normalized spacial score (nSPS) is 22.9. The van der Waals surface area contributed by atoms with Crippen molar-refractivity contribution in [3.05, 3.63) is 29.3 Å². The second kappa shape index (κ2) is 8.71. The highest BCUT2D eigenvalue weighted by molar-refractivity contribution is 7.14. The van der Waals surface area contributed by atoms with Gasteiger partial charge in [-0.1, -0.05) is 6.07 Å². The average Bonchev–Trinajstić information content (AvgIpc) is 3.02. The van der Waals surface area contributed by atoms with Crippen LogP contribution in [-0.4, -0.2) is 34.6 Å². The number of hydrogen-bond acceptors (Lipinski definition) is 6. The van der Waals surface area contributed by atoms with Crippen molar-refractivity contribution >= 4 is 34.8 Å². The first-order valence-electron chi connectivity index (χ1n) is 8.13. The Hall–Kier alpha value is -1.54. The topological polar surface area (TPSA) is 90.1 Å². The molecule has 0 spiro atoms. The van der Waals surface area contributed by atoms with Gasteiger partial charge in [0.2, 0.25) is 5.91 Å². The Morgan fingerprint density at radius 1 is 1.28 bits per heavy atom. The summed E-state index contributed by atoms with van der Waals surface area (Å²) in [6.07, 6.45) is 2.47. The van der Waals surface area contributed by atoms with E-state index in [1.165, 1.54) is 11.3 Å². The van der Waals surface area contributed by atoms with E-state index in [0.29, 0.717) is 11.0 Å². The van der Waals surface area contributed by atoms with Crippen LogP contribution in [0.2, 0.25) is 0 Å². The second-order valence-corrected chi connectivity index (χ2v) is 7.02. The Kier molecular flexibility index (Phi) is 6.89. The maximum Gasteiger partial charge on any atom is 0.239 e. The van der Waals surface area contributed by atoms with E-state index in [0.717, 1.165) is 29.9 Å². The highest BCUT2D eigenvalue weighted by atomic mass is 35.5. The molecule has 136 valence electrons. The molecular formula is C17H23ClN4O2S. The van der Waals surface area contributed by atoms with Crippen molar-refractivity contribution in [1.29, 1.82) is 0 Å². The fraction of sp³-hybridized carbons (Fsp3) is 0.471. The van der Waals surface area contributed by atoms with Gasteiger partial charge < -0.3 is 15.8 Å². The lowest BCUT2D eigenvalue weighted by Crippen LogP contribution is -2.28. The second-order valence-electron chi connectivity index (χ2n) is 6.16. The van der Waals surface area contributed by atoms with Gasteiger partial charge in [0.05, 0.1) is 24.4 Å². The molecule has 0 aliphatic carbocycles. The molecule has 3 N–H and O–H groups in total. The van der Waals surface area contributed by atoms with Crippen LogP contribution in [0.15, 0.2) is 23.6 Å². The number of thiazole rings is 1. The summed E-state index contributed by atoms with van der Waals surface area (Å²) in [6.45, 7) is 4.17. The number of nitrogens with zero attached hydrogens (tertiary/aromatic N) is 2. The lowest BCUT2D eigenvalue weighted by atomic mass is 9.89. The summed E-state index contributed by atoms with van der Waals surface area (Å²) in [4.78, 5) is 20.6. The molecule has 2 unspecified atom stereocenters. The van der Waals surface area contributed by atoms with Gasteiger partial charge in [0, 0.05) is 17.0 Å². The van der Waals surface area contributed by atoms with E-state index in [2.05, 4.69) is 30.2 Å². The lowest BCUT2D eigenvalue weighted by Gasteiger charge is -2.31. The third kappa shape index (κ3) is 4.98. The van der Waals surface area contributed by atoms with Gasteiger partial charge in [-0.15, -0.1) is 23.7 Å². The summed E-state index contributed by atoms with van der Waals surface area (Å²) >= 11 is 1.37. The molecule has 1 aliphatic heterocycles. The van der Waals surface area contributed by atoms with Crippen molar-refractivity contribution in [2.45, 2.75) is 44.8 Å². The molecule has 6 nitrogen and oxygen atoms in total. The Morgan fingerprint density at radius 3 is 2.68 bits per heavy atom. The van der Waals surface area contributed by atoms with Crippen LogP contribution in [-0.2, 0) is 9.53 Å². The number of rotatable bonds is 4. The van der Waals surface area contributed by atoms with Gasteiger partial charge in [-0.25, -0.2) is 4.98 Å². The molecule has 1 amide bonds. The van der Waals surface area contributed by atoms with Crippen molar-refractivity contribution in [3.8, 4) is 11.4 Å². The number of hydrogen-bond donors (Lipinski definition) is 2. The minimum atomic E-state index is -0.247. The largest absolute Gasteiger partial charge is 0.376 e. The van der Waals surface area contributed by atoms with E-state index >= 15 is 0 Å². The molecule has 0 saturated carbocycles. The number of amides is 1. The predicted molar refractivity (Wildman–Crippen MR) is 102 cm³/mol. The SMILES string of the molecule is CC1CC(c2cccc(-c3csc(NC(=O)CN)n3)n2)CC(C)O1.Cl. The molecule has 1 aliphatic rings. The van der Waals surface area contributed by atoms with Crippen molar-refractivity contribution in [2.24, 2.45) is 5.73 Å². The molecule has 25 heavy (non-hydrogen) atoms. The van der Waals surface area contributed by atoms with Gasteiger partial charge in [-0.2, -0.15) is 0 Å². The number of nitrogens with one attached hydrogen (secondary N) is 1. The van der Waals surface area contributed by atoms with Crippen molar-refractivity contribution < 1.29 is 9.53 Å². The van der Waals surface area contributed by atoms with Gasteiger partial charge >= 0.3 is 0 Å². The van der Waals surface area contributed by atoms with E-state index in [9.17, 15) is 4.79 Å². The highest BCUT2D eigenvalue weighted by Crippen LogP contribution is 2.33. The number of ether oxygens (including phenoxy) is 1. The summed E-state index contributed by atoms with van der Waals surface area (Å²) in [6, 6.07) is 6.03. The Labute approximate surface area is 157 Å². The quantitative estimate of drug-likeness (QED) is 0.847. The minimum absolute atomic E-state index is 0. The fourth-order valence-electron chi connectivity index (χ4n) is 3.09. The third-order valence-corrected chi connectivity index (χ3v) is 4.84. The molecular weight excluding hydrogens is 360 g/mol. The molecule has 1 saturated heterocycles. The smallest absolute Gasteiger partial charge is 0.239 e. The predicted octanol–water partition coefficient (Wildman–Crippen LogP) is 3.20. The van der Waals surface area contributed by atoms with Crippen molar-refractivity contribution in [2.75, 3.05) is 11.9 Å². The number of carbonyl (C=O) groups excluding carboxylic acids is 1. The molecule has 3 rings (SSSR count). The van der Waals surface area contributed by atoms with Crippen LogP contribution in [0.1, 0.15) is 38.3 Å². The maximum atomic E-state index is 11.4. The number of halogens is 1. The summed E-state index contributed by atoms with van der Waals surface area (Å²) in [5, 5.41) is 5.11. The summed E-state index contributed by atoms with van der Waals surface area (Å²) < 4.78 is 5.81. The van der Waals surface area contributed by atoms with E-state index in [4.69, 9.17) is 15.5 Å². The van der Waals surface area contributed by atoms with E-state index in [1.54, 1.807) is 0 Å². The monoisotopic (exact) mass is 382 g/mol. The maximum absolute atomic E-state index is 11.4. The lowest BCUT2D eigenvalue weighted by molar-refractivity contribution is -0.114. The number of aromatic nitrogens is 2. The van der Waals surface area contributed by atoms with Crippen molar-refractivity contribution in [3.63, 3.8) is 0 Å². The fourth-order valence-corrected chi connectivity index (χ4v) is 3.81. The Bertz CT molecular complexity index is 714. The molecule has 2 aromatic heterocycles. The van der Waals surface area contributed by atoms with Crippen LogP contribution in [0.3, 0.4) is 0 Å². The number of carbonyl (C=O) groups is 1. The first kappa shape index (κ1) is 19.8. The van der Waals surface area contributed by atoms with Gasteiger partial charge in [0.1, 0.15) is 5.69 Å². The first-order valence-corrected chi connectivity index (χ1v) is 9.01. The molecule has 8 heteroatoms. The molecule has 3 heterocycles. The highest BCUT2D eigenvalue weighted by Gasteiger charge is 2.26. The van der Waals surface area contributed by atoms with Crippen LogP contribution in [0.4, 0.5) is 5.13 Å². The van der Waals surface area contributed by atoms with Gasteiger partial charge in [-0.3, -0.25) is 9.78 Å². The van der Waals surface area contributed by atoms with E-state index < -0.39 is 0 Å². The molecule has 0 radical (unpaired) electrons. The van der Waals surface area contributed by atoms with Gasteiger partial charge in [0.25, 0.3) is 0 Å². The standard InChI is InChI=1S/C17H22N4O2S.ClH/c1-10-6-12(7-11(2)23-10)13-4-3-5-14(19-13)15-9-24-17(20-15)21-16(22)8-18;/h3-5,9-12H,6-8,18H2,1-2H3,(H,20,21,22);1H. The van der Waals surface area contributed by atoms with Crippen LogP contribution in [0.5, 0.6) is 0 Å². The molecule has 2 aromatic rings. The summed E-state index contributed by atoms with van der Waals surface area (Å²) in [7, 11) is 0. The number of pyridine rings is 1.